The van der Waals surface area contributed by atoms with E-state index >= 15 is 0 Å². The van der Waals surface area contributed by atoms with Gasteiger partial charge in [0.15, 0.2) is 0 Å². The molecule has 0 bridgehead atoms. The Bertz CT molecular complexity index is 617. The summed E-state index contributed by atoms with van der Waals surface area (Å²) in [6.07, 6.45) is 6.20. The van der Waals surface area contributed by atoms with Gasteiger partial charge in [0, 0.05) is 5.92 Å². The molecule has 0 spiro atoms. The van der Waals surface area contributed by atoms with E-state index in [-0.39, 0.29) is 5.76 Å². The number of hydrogen-bond donors (Lipinski definition) is 2. The molecule has 1 aliphatic carbocycles. The van der Waals surface area contributed by atoms with Crippen molar-refractivity contribution in [3.8, 4) is 0 Å². The van der Waals surface area contributed by atoms with Crippen LogP contribution in [0.3, 0.4) is 0 Å². The van der Waals surface area contributed by atoms with Crippen molar-refractivity contribution in [1.82, 2.24) is 15.2 Å². The van der Waals surface area contributed by atoms with E-state index in [1.165, 1.54) is 49.9 Å². The van der Waals surface area contributed by atoms with Crippen LogP contribution in [0.2, 0.25) is 0 Å². The van der Waals surface area contributed by atoms with E-state index < -0.39 is 5.97 Å². The van der Waals surface area contributed by atoms with Gasteiger partial charge in [0.2, 0.25) is 10.9 Å². The van der Waals surface area contributed by atoms with Crippen LogP contribution in [0.15, 0.2) is 21.7 Å². The van der Waals surface area contributed by atoms with Gasteiger partial charge in [0.1, 0.15) is 11.6 Å². The molecule has 0 atom stereocenters. The maximum Gasteiger partial charge on any atom is 0.371 e. The first-order chi connectivity index (χ1) is 10.2. The van der Waals surface area contributed by atoms with E-state index in [1.54, 1.807) is 6.07 Å². The molecule has 2 heterocycles. The van der Waals surface area contributed by atoms with Gasteiger partial charge in [0.25, 0.3) is 0 Å². The van der Waals surface area contributed by atoms with E-state index in [4.69, 9.17) is 9.52 Å². The molecule has 1 aliphatic rings. The van der Waals surface area contributed by atoms with E-state index in [0.29, 0.717) is 22.6 Å². The highest BCUT2D eigenvalue weighted by Gasteiger charge is 2.19. The lowest BCUT2D eigenvalue weighted by Crippen LogP contribution is -2.06. The fraction of sp³-hybridized carbons (Fsp3) is 0.500. The first kappa shape index (κ1) is 14.2. The zero-order valence-electron chi connectivity index (χ0n) is 11.5. The lowest BCUT2D eigenvalue weighted by Gasteiger charge is -2.18. The number of nitrogens with one attached hydrogen (secondary N) is 1. The van der Waals surface area contributed by atoms with Gasteiger partial charge in [-0.1, -0.05) is 31.0 Å². The third kappa shape index (κ3) is 3.47. The average molecular weight is 307 g/mol. The highest BCUT2D eigenvalue weighted by atomic mass is 32.2. The molecular formula is C14H17N3O3S. The minimum atomic E-state index is -1.05. The van der Waals surface area contributed by atoms with Crippen LogP contribution in [0.1, 0.15) is 60.2 Å². The number of aromatic nitrogens is 3. The SMILES string of the molecule is O=C(O)c1ccc(CSc2n[nH]c(C3CCCCC3)n2)o1. The number of carbonyl (C=O) groups is 1. The largest absolute Gasteiger partial charge is 0.475 e. The van der Waals surface area contributed by atoms with Gasteiger partial charge in [-0.2, -0.15) is 0 Å². The number of furan rings is 1. The van der Waals surface area contributed by atoms with Gasteiger partial charge in [-0.3, -0.25) is 5.10 Å². The number of aromatic amines is 1. The molecule has 0 radical (unpaired) electrons. The Labute approximate surface area is 126 Å². The highest BCUT2D eigenvalue weighted by Crippen LogP contribution is 2.31. The lowest BCUT2D eigenvalue weighted by atomic mass is 9.89. The molecule has 0 aliphatic heterocycles. The summed E-state index contributed by atoms with van der Waals surface area (Å²) in [6.45, 7) is 0. The predicted octanol–water partition coefficient (Wildman–Crippen LogP) is 3.44. The molecule has 0 amide bonds. The maximum absolute atomic E-state index is 10.7. The number of aromatic carboxylic acids is 1. The third-order valence-electron chi connectivity index (χ3n) is 3.69. The molecule has 1 fully saturated rings. The van der Waals surface area contributed by atoms with Gasteiger partial charge in [-0.15, -0.1) is 5.10 Å². The third-order valence-corrected chi connectivity index (χ3v) is 4.56. The molecule has 21 heavy (non-hydrogen) atoms. The molecule has 2 N–H and O–H groups in total. The summed E-state index contributed by atoms with van der Waals surface area (Å²) in [5, 5.41) is 16.7. The van der Waals surface area contributed by atoms with E-state index in [0.717, 1.165) is 5.82 Å². The van der Waals surface area contributed by atoms with Crippen LogP contribution in [0.25, 0.3) is 0 Å². The summed E-state index contributed by atoms with van der Waals surface area (Å²) in [7, 11) is 0. The molecule has 112 valence electrons. The quantitative estimate of drug-likeness (QED) is 0.822. The number of rotatable bonds is 5. The van der Waals surface area contributed by atoms with Crippen LogP contribution < -0.4 is 0 Å². The van der Waals surface area contributed by atoms with Crippen molar-refractivity contribution in [2.24, 2.45) is 0 Å². The van der Waals surface area contributed by atoms with Crippen LogP contribution >= 0.6 is 11.8 Å². The Morgan fingerprint density at radius 1 is 1.38 bits per heavy atom. The Morgan fingerprint density at radius 2 is 2.19 bits per heavy atom. The maximum atomic E-state index is 10.7. The van der Waals surface area contributed by atoms with Gasteiger partial charge in [-0.25, -0.2) is 9.78 Å². The van der Waals surface area contributed by atoms with Gasteiger partial charge < -0.3 is 9.52 Å². The summed E-state index contributed by atoms with van der Waals surface area (Å²) >= 11 is 1.44. The molecule has 0 unspecified atom stereocenters. The van der Waals surface area contributed by atoms with E-state index in [2.05, 4.69) is 15.2 Å². The summed E-state index contributed by atoms with van der Waals surface area (Å²) in [5.41, 5.74) is 0. The Morgan fingerprint density at radius 3 is 2.90 bits per heavy atom. The number of hydrogen-bond acceptors (Lipinski definition) is 5. The molecule has 2 aromatic heterocycles. The zero-order valence-corrected chi connectivity index (χ0v) is 12.4. The Kier molecular flexibility index (Phi) is 4.28. The van der Waals surface area contributed by atoms with Crippen molar-refractivity contribution in [2.45, 2.75) is 48.9 Å². The van der Waals surface area contributed by atoms with Crippen LogP contribution in [-0.4, -0.2) is 26.3 Å². The van der Waals surface area contributed by atoms with Crippen molar-refractivity contribution in [1.29, 1.82) is 0 Å². The number of carboxylic acid groups (broad SMARTS) is 1. The van der Waals surface area contributed by atoms with Crippen molar-refractivity contribution in [3.05, 3.63) is 29.5 Å². The van der Waals surface area contributed by atoms with Crippen molar-refractivity contribution < 1.29 is 14.3 Å². The van der Waals surface area contributed by atoms with Crippen molar-refractivity contribution in [2.75, 3.05) is 0 Å². The van der Waals surface area contributed by atoms with Crippen LogP contribution in [-0.2, 0) is 5.75 Å². The van der Waals surface area contributed by atoms with E-state index in [9.17, 15) is 4.79 Å². The topological polar surface area (TPSA) is 92.0 Å². The summed E-state index contributed by atoms with van der Waals surface area (Å²) < 4.78 is 5.20. The predicted molar refractivity (Wildman–Crippen MR) is 77.4 cm³/mol. The molecule has 6 nitrogen and oxygen atoms in total. The van der Waals surface area contributed by atoms with Gasteiger partial charge >= 0.3 is 5.97 Å². The molecule has 2 aromatic rings. The molecule has 1 saturated carbocycles. The average Bonchev–Trinajstić information content (AvgIpc) is 3.15. The molecule has 3 rings (SSSR count). The Hall–Kier alpha value is -1.76. The van der Waals surface area contributed by atoms with Crippen LogP contribution in [0.4, 0.5) is 0 Å². The zero-order chi connectivity index (χ0) is 14.7. The van der Waals surface area contributed by atoms with Crippen molar-refractivity contribution >= 4 is 17.7 Å². The second-order valence-electron chi connectivity index (χ2n) is 5.20. The minimum Gasteiger partial charge on any atom is -0.475 e. The molecule has 7 heteroatoms. The smallest absolute Gasteiger partial charge is 0.371 e. The van der Waals surface area contributed by atoms with Crippen molar-refractivity contribution in [3.63, 3.8) is 0 Å². The summed E-state index contributed by atoms with van der Waals surface area (Å²) in [4.78, 5) is 15.3. The first-order valence-corrected chi connectivity index (χ1v) is 8.08. The number of H-pyrrole nitrogens is 1. The lowest BCUT2D eigenvalue weighted by molar-refractivity contribution is 0.0661. The number of carboxylic acids is 1. The second-order valence-corrected chi connectivity index (χ2v) is 6.14. The number of thioether (sulfide) groups is 1. The van der Waals surface area contributed by atoms with Crippen LogP contribution in [0.5, 0.6) is 0 Å². The monoisotopic (exact) mass is 307 g/mol. The number of nitrogens with zero attached hydrogens (tertiary/aromatic N) is 2. The standard InChI is InChI=1S/C14H17N3O3S/c18-13(19)11-7-6-10(20-11)8-21-14-15-12(16-17-14)9-4-2-1-3-5-9/h6-7,9H,1-5,8H2,(H,18,19)(H,15,16,17). The van der Waals surface area contributed by atoms with E-state index in [1.807, 2.05) is 0 Å². The Balaban J connectivity index is 1.57. The molecule has 0 aromatic carbocycles. The van der Waals surface area contributed by atoms with Gasteiger partial charge in [-0.05, 0) is 25.0 Å². The second kappa shape index (κ2) is 6.34. The van der Waals surface area contributed by atoms with Gasteiger partial charge in [0.05, 0.1) is 5.75 Å². The summed E-state index contributed by atoms with van der Waals surface area (Å²) in [6, 6.07) is 3.13. The molecular weight excluding hydrogens is 290 g/mol. The highest BCUT2D eigenvalue weighted by molar-refractivity contribution is 7.98. The van der Waals surface area contributed by atoms with Crippen LogP contribution in [0, 0.1) is 0 Å². The fourth-order valence-corrected chi connectivity index (χ4v) is 3.29. The molecule has 0 saturated heterocycles. The fourth-order valence-electron chi connectivity index (χ4n) is 2.59. The normalized spacial score (nSPS) is 16.2. The first-order valence-electron chi connectivity index (χ1n) is 7.09. The minimum absolute atomic E-state index is 0.0384. The summed E-state index contributed by atoms with van der Waals surface area (Å²) in [5.74, 6) is 1.52.